The molecule has 0 spiro atoms. The molecule has 1 heterocycles. The third-order valence-electron chi connectivity index (χ3n) is 11.9. The molecule has 6 heteroatoms. The lowest BCUT2D eigenvalue weighted by Crippen LogP contribution is -2.54. The van der Waals surface area contributed by atoms with Crippen molar-refractivity contribution in [1.82, 2.24) is 0 Å². The summed E-state index contributed by atoms with van der Waals surface area (Å²) in [5.74, 6) is -0.268. The fourth-order valence-electron chi connectivity index (χ4n) is 11.4. The van der Waals surface area contributed by atoms with E-state index in [0.29, 0.717) is 57.7 Å². The fraction of sp³-hybridized carbons (Fsp3) is 0.714. The van der Waals surface area contributed by atoms with Gasteiger partial charge in [-0.05, 0) is 91.9 Å². The summed E-state index contributed by atoms with van der Waals surface area (Å²) in [6, 6.07) is 0. The smallest absolute Gasteiger partial charge is 0.166 e. The standard InChI is InChI=1S/C35H54O4Si2/c1-19(2)40(20(3)4,21(5)6)31-27(36)15-25-17-35-30-26(18-34(35,29(25)31)38-33(13,14)39-35)16-28(37)32(30)41(22(7)8,23(9)10)24(11)12/h17-24H,15-16H2,1-14H3/t34-,35-/m0/s1. The number of allylic oxidation sites excluding steroid dienone is 2. The Labute approximate surface area is 251 Å². The quantitative estimate of drug-likeness (QED) is 0.263. The summed E-state index contributed by atoms with van der Waals surface area (Å²) < 4.78 is 14.3. The highest BCUT2D eigenvalue weighted by atomic mass is 28.3. The number of Topliss-reactive ketones (excluding diaryl/α,β-unsaturated/α-hetero) is 2. The minimum absolute atomic E-state index is 0.293. The number of rotatable bonds is 8. The second-order valence-electron chi connectivity index (χ2n) is 15.9. The maximum atomic E-state index is 14.2. The zero-order valence-corrected chi connectivity index (χ0v) is 30.2. The highest BCUT2D eigenvalue weighted by molar-refractivity contribution is 6.94. The molecule has 4 aliphatic carbocycles. The third-order valence-corrected chi connectivity index (χ3v) is 26.1. The van der Waals surface area contributed by atoms with Crippen LogP contribution in [0.2, 0.25) is 33.2 Å². The van der Waals surface area contributed by atoms with E-state index >= 15 is 0 Å². The zero-order valence-electron chi connectivity index (χ0n) is 28.2. The first-order chi connectivity index (χ1) is 18.8. The maximum absolute atomic E-state index is 14.2. The molecule has 5 rings (SSSR count). The molecule has 0 bridgehead atoms. The van der Waals surface area contributed by atoms with Crippen molar-refractivity contribution in [2.24, 2.45) is 0 Å². The van der Waals surface area contributed by atoms with Crippen LogP contribution in [-0.2, 0) is 19.1 Å². The summed E-state index contributed by atoms with van der Waals surface area (Å²) in [6.07, 6.45) is 5.37. The largest absolute Gasteiger partial charge is 0.331 e. The molecule has 0 radical (unpaired) electrons. The Morgan fingerprint density at radius 2 is 0.829 bits per heavy atom. The lowest BCUT2D eigenvalue weighted by atomic mass is 9.83. The molecule has 5 aliphatic rings. The van der Waals surface area contributed by atoms with E-state index < -0.39 is 33.1 Å². The van der Waals surface area contributed by atoms with Gasteiger partial charge in [0.2, 0.25) is 0 Å². The average molecular weight is 595 g/mol. The molecule has 41 heavy (non-hydrogen) atoms. The van der Waals surface area contributed by atoms with E-state index in [4.69, 9.17) is 9.47 Å². The van der Waals surface area contributed by atoms with E-state index in [0.717, 1.165) is 32.7 Å². The first-order valence-corrected chi connectivity index (χ1v) is 20.7. The fourth-order valence-corrected chi connectivity index (χ4v) is 25.5. The van der Waals surface area contributed by atoms with E-state index in [2.05, 4.69) is 95.2 Å². The summed E-state index contributed by atoms with van der Waals surface area (Å²) in [4.78, 5) is 28.5. The van der Waals surface area contributed by atoms with Gasteiger partial charge in [-0.2, -0.15) is 0 Å². The predicted molar refractivity (Wildman–Crippen MR) is 173 cm³/mol. The molecular weight excluding hydrogens is 541 g/mol. The van der Waals surface area contributed by atoms with Crippen LogP contribution < -0.4 is 0 Å². The van der Waals surface area contributed by atoms with Crippen LogP contribution in [0.15, 0.2) is 44.8 Å². The van der Waals surface area contributed by atoms with Crippen LogP contribution >= 0.6 is 0 Å². The molecule has 0 aromatic heterocycles. The number of carbonyl (C=O) groups excluding carboxylic acids is 2. The van der Waals surface area contributed by atoms with Crippen LogP contribution in [0.25, 0.3) is 0 Å². The zero-order chi connectivity index (χ0) is 30.8. The highest BCUT2D eigenvalue weighted by Crippen LogP contribution is 2.71. The number of ether oxygens (including phenoxy) is 2. The molecule has 0 aromatic carbocycles. The van der Waals surface area contributed by atoms with E-state index in [1.807, 2.05) is 13.8 Å². The number of hydrogen-bond donors (Lipinski definition) is 0. The van der Waals surface area contributed by atoms with Crippen molar-refractivity contribution in [2.45, 2.75) is 160 Å². The molecule has 2 atom stereocenters. The molecule has 0 amide bonds. The number of carbonyl (C=O) groups is 2. The van der Waals surface area contributed by atoms with Crippen molar-refractivity contribution in [3.05, 3.63) is 44.8 Å². The van der Waals surface area contributed by atoms with Crippen molar-refractivity contribution >= 4 is 27.7 Å². The van der Waals surface area contributed by atoms with Crippen LogP contribution in [-0.4, -0.2) is 44.7 Å². The normalized spacial score (nSPS) is 29.3. The van der Waals surface area contributed by atoms with Gasteiger partial charge in [0.25, 0.3) is 0 Å². The van der Waals surface area contributed by atoms with E-state index in [1.165, 1.54) is 0 Å². The molecule has 0 saturated carbocycles. The predicted octanol–water partition coefficient (Wildman–Crippen LogP) is 9.10. The minimum Gasteiger partial charge on any atom is -0.331 e. The van der Waals surface area contributed by atoms with Crippen LogP contribution in [0.4, 0.5) is 0 Å². The van der Waals surface area contributed by atoms with Crippen molar-refractivity contribution < 1.29 is 19.1 Å². The Hall–Kier alpha value is -1.35. The van der Waals surface area contributed by atoms with Gasteiger partial charge in [-0.15, -0.1) is 0 Å². The van der Waals surface area contributed by atoms with Crippen LogP contribution in [0.3, 0.4) is 0 Å². The summed E-state index contributed by atoms with van der Waals surface area (Å²) in [6.45, 7) is 32.0. The molecule has 1 aliphatic heterocycles. The minimum atomic E-state index is -2.32. The SMILES string of the molecule is CC(C)[Si](C1=C2C(=C[C@@]34OC(C)(C)O[C@@]23C=C2CC(=O)C([Si](C(C)C)(C(C)C)C(C)C)=C24)CC1=O)(C(C)C)C(C)C. The Morgan fingerprint density at radius 1 is 0.561 bits per heavy atom. The van der Waals surface area contributed by atoms with Gasteiger partial charge in [-0.3, -0.25) is 9.59 Å². The van der Waals surface area contributed by atoms with Crippen LogP contribution in [0.5, 0.6) is 0 Å². The number of hydrogen-bond acceptors (Lipinski definition) is 4. The van der Waals surface area contributed by atoms with Gasteiger partial charge in [0.1, 0.15) is 0 Å². The molecule has 0 unspecified atom stereocenters. The Morgan fingerprint density at radius 3 is 1.07 bits per heavy atom. The summed E-state index contributed by atoms with van der Waals surface area (Å²) >= 11 is 0. The monoisotopic (exact) mass is 594 g/mol. The Kier molecular flexibility index (Phi) is 7.07. The van der Waals surface area contributed by atoms with Crippen molar-refractivity contribution in [2.75, 3.05) is 0 Å². The van der Waals surface area contributed by atoms with Crippen molar-refractivity contribution in [1.29, 1.82) is 0 Å². The third kappa shape index (κ3) is 3.51. The first-order valence-electron chi connectivity index (χ1n) is 16.2. The van der Waals surface area contributed by atoms with E-state index in [-0.39, 0.29) is 0 Å². The lowest BCUT2D eigenvalue weighted by molar-refractivity contribution is -0.157. The van der Waals surface area contributed by atoms with Gasteiger partial charge in [0.15, 0.2) is 28.6 Å². The molecule has 1 saturated heterocycles. The van der Waals surface area contributed by atoms with Crippen LogP contribution in [0, 0.1) is 0 Å². The lowest BCUT2D eigenvalue weighted by Gasteiger charge is -2.47. The van der Waals surface area contributed by atoms with Gasteiger partial charge in [0.05, 0.1) is 16.1 Å². The van der Waals surface area contributed by atoms with E-state index in [1.54, 1.807) is 0 Å². The molecular formula is C35H54O4Si2. The van der Waals surface area contributed by atoms with Gasteiger partial charge in [-0.1, -0.05) is 83.1 Å². The second-order valence-corrected chi connectivity index (χ2v) is 27.6. The van der Waals surface area contributed by atoms with Gasteiger partial charge < -0.3 is 9.47 Å². The molecule has 0 aromatic rings. The summed E-state index contributed by atoms with van der Waals surface area (Å²) in [7, 11) is -4.65. The van der Waals surface area contributed by atoms with Gasteiger partial charge in [-0.25, -0.2) is 0 Å². The summed E-state index contributed by atoms with van der Waals surface area (Å²) in [5.41, 5.74) is 5.07. The molecule has 226 valence electrons. The van der Waals surface area contributed by atoms with Crippen LogP contribution in [0.1, 0.15) is 110 Å². The van der Waals surface area contributed by atoms with Crippen molar-refractivity contribution in [3.8, 4) is 0 Å². The molecule has 1 fully saturated rings. The Bertz CT molecular complexity index is 1190. The van der Waals surface area contributed by atoms with Gasteiger partial charge >= 0.3 is 0 Å². The number of fused-ring (bicyclic) bond motifs is 2. The molecule has 0 N–H and O–H groups in total. The Balaban J connectivity index is 1.92. The van der Waals surface area contributed by atoms with Gasteiger partial charge in [0, 0.05) is 12.8 Å². The maximum Gasteiger partial charge on any atom is 0.166 e. The summed E-state index contributed by atoms with van der Waals surface area (Å²) in [5, 5.41) is 2.19. The van der Waals surface area contributed by atoms with Crippen molar-refractivity contribution in [3.63, 3.8) is 0 Å². The highest BCUT2D eigenvalue weighted by Gasteiger charge is 2.76. The molecule has 4 nitrogen and oxygen atoms in total. The second kappa shape index (κ2) is 9.33. The first kappa shape index (κ1) is 31.1. The number of ketones is 2. The van der Waals surface area contributed by atoms with E-state index in [9.17, 15) is 9.59 Å². The average Bonchev–Trinajstić information content (AvgIpc) is 3.46. The topological polar surface area (TPSA) is 52.6 Å².